The number of hydrogen-bond acceptors (Lipinski definition) is 4. The highest BCUT2D eigenvalue weighted by Gasteiger charge is 2.12. The number of halogens is 2. The van der Waals surface area contributed by atoms with Crippen molar-refractivity contribution in [2.24, 2.45) is 5.10 Å². The van der Waals surface area contributed by atoms with E-state index in [-0.39, 0.29) is 11.4 Å². The molecule has 0 amide bonds. The number of fused-ring (bicyclic) bond motifs is 1. The van der Waals surface area contributed by atoms with Crippen LogP contribution in [-0.4, -0.2) is 15.9 Å². The molecule has 1 aromatic heterocycles. The second kappa shape index (κ2) is 10.0. The molecule has 5 nitrogen and oxygen atoms in total. The number of benzene rings is 4. The van der Waals surface area contributed by atoms with Crippen molar-refractivity contribution in [3.05, 3.63) is 129 Å². The van der Waals surface area contributed by atoms with Crippen molar-refractivity contribution in [2.45, 2.75) is 6.61 Å². The normalized spacial score (nSPS) is 11.3. The lowest BCUT2D eigenvalue weighted by Gasteiger charge is -2.10. The molecular weight excluding hydrogens is 509 g/mol. The third-order valence-corrected chi connectivity index (χ3v) is 5.99. The molecule has 0 aliphatic rings. The summed E-state index contributed by atoms with van der Waals surface area (Å²) in [6.45, 7) is 0.310. The second-order valence-corrected chi connectivity index (χ2v) is 8.64. The van der Waals surface area contributed by atoms with E-state index in [9.17, 15) is 9.18 Å². The Balaban J connectivity index is 1.45. The molecule has 7 heteroatoms. The summed E-state index contributed by atoms with van der Waals surface area (Å²) in [5.41, 5.74) is 2.79. The standard InChI is InChI=1S/C28H19BrFN3O2/c29-24-16-20(12-15-26(24)35-18-19-10-13-22(30)14-11-19)17-31-33-27(21-6-2-1-3-7-21)32-25-9-5-4-8-23(25)28(33)34/h1-17H,18H2. The molecule has 0 aliphatic carbocycles. The minimum absolute atomic E-state index is 0.246. The molecular formula is C28H19BrFN3O2. The van der Waals surface area contributed by atoms with Gasteiger partial charge < -0.3 is 4.74 Å². The number of para-hydroxylation sites is 1. The van der Waals surface area contributed by atoms with Crippen LogP contribution in [0.1, 0.15) is 11.1 Å². The summed E-state index contributed by atoms with van der Waals surface area (Å²) >= 11 is 3.53. The van der Waals surface area contributed by atoms with Gasteiger partial charge in [-0.05, 0) is 69.5 Å². The van der Waals surface area contributed by atoms with Gasteiger partial charge in [-0.15, -0.1) is 0 Å². The van der Waals surface area contributed by atoms with E-state index in [1.165, 1.54) is 16.8 Å². The number of aromatic nitrogens is 2. The maximum absolute atomic E-state index is 13.3. The van der Waals surface area contributed by atoms with Gasteiger partial charge in [-0.25, -0.2) is 9.37 Å². The van der Waals surface area contributed by atoms with Crippen molar-refractivity contribution in [1.82, 2.24) is 9.66 Å². The van der Waals surface area contributed by atoms with Crippen LogP contribution in [0.4, 0.5) is 4.39 Å². The van der Waals surface area contributed by atoms with E-state index >= 15 is 0 Å². The largest absolute Gasteiger partial charge is 0.488 e. The Morgan fingerprint density at radius 3 is 2.46 bits per heavy atom. The predicted molar refractivity (Wildman–Crippen MR) is 139 cm³/mol. The average molecular weight is 528 g/mol. The first-order valence-corrected chi connectivity index (χ1v) is 11.7. The Kier molecular flexibility index (Phi) is 6.50. The van der Waals surface area contributed by atoms with E-state index in [1.54, 1.807) is 24.4 Å². The molecule has 0 spiro atoms. The smallest absolute Gasteiger partial charge is 0.282 e. The maximum atomic E-state index is 13.3. The van der Waals surface area contributed by atoms with Crippen LogP contribution < -0.4 is 10.3 Å². The molecule has 0 aliphatic heterocycles. The summed E-state index contributed by atoms with van der Waals surface area (Å²) in [5, 5.41) is 4.99. The highest BCUT2D eigenvalue weighted by Crippen LogP contribution is 2.26. The fraction of sp³-hybridized carbons (Fsp3) is 0.0357. The molecule has 0 saturated carbocycles. The van der Waals surface area contributed by atoms with Gasteiger partial charge in [-0.2, -0.15) is 9.78 Å². The lowest BCUT2D eigenvalue weighted by molar-refractivity contribution is 0.304. The molecule has 5 aromatic rings. The lowest BCUT2D eigenvalue weighted by Crippen LogP contribution is -2.20. The Hall–Kier alpha value is -4.10. The number of ether oxygens (including phenoxy) is 1. The minimum atomic E-state index is -0.283. The van der Waals surface area contributed by atoms with Crippen molar-refractivity contribution in [1.29, 1.82) is 0 Å². The molecule has 0 fully saturated rings. The van der Waals surface area contributed by atoms with Crippen molar-refractivity contribution in [3.63, 3.8) is 0 Å². The maximum Gasteiger partial charge on any atom is 0.282 e. The summed E-state index contributed by atoms with van der Waals surface area (Å²) in [5.74, 6) is 0.819. The first kappa shape index (κ1) is 22.7. The molecule has 0 atom stereocenters. The zero-order valence-corrected chi connectivity index (χ0v) is 20.0. The van der Waals surface area contributed by atoms with Crippen LogP contribution in [0, 0.1) is 5.82 Å². The zero-order chi connectivity index (χ0) is 24.2. The highest BCUT2D eigenvalue weighted by molar-refractivity contribution is 9.10. The Morgan fingerprint density at radius 1 is 0.943 bits per heavy atom. The van der Waals surface area contributed by atoms with E-state index in [4.69, 9.17) is 9.72 Å². The van der Waals surface area contributed by atoms with Crippen molar-refractivity contribution >= 4 is 33.0 Å². The van der Waals surface area contributed by atoms with Gasteiger partial charge >= 0.3 is 0 Å². The number of rotatable bonds is 6. The fourth-order valence-electron chi connectivity index (χ4n) is 3.59. The SMILES string of the molecule is O=c1c2ccccc2nc(-c2ccccc2)n1N=Cc1ccc(OCc2ccc(F)cc2)c(Br)c1. The molecule has 172 valence electrons. The average Bonchev–Trinajstić information content (AvgIpc) is 2.89. The predicted octanol–water partition coefficient (Wildman–Crippen LogP) is 6.43. The summed E-state index contributed by atoms with van der Waals surface area (Å²) in [4.78, 5) is 18.0. The summed E-state index contributed by atoms with van der Waals surface area (Å²) in [6, 6.07) is 28.4. The van der Waals surface area contributed by atoms with Crippen LogP contribution in [0.15, 0.2) is 111 Å². The van der Waals surface area contributed by atoms with Crippen LogP contribution in [0.3, 0.4) is 0 Å². The Bertz CT molecular complexity index is 1580. The molecule has 35 heavy (non-hydrogen) atoms. The Labute approximate surface area is 209 Å². The summed E-state index contributed by atoms with van der Waals surface area (Å²) in [7, 11) is 0. The highest BCUT2D eigenvalue weighted by atomic mass is 79.9. The quantitative estimate of drug-likeness (QED) is 0.239. The van der Waals surface area contributed by atoms with Gasteiger partial charge in [0.1, 0.15) is 18.2 Å². The van der Waals surface area contributed by atoms with Gasteiger partial charge in [0.25, 0.3) is 5.56 Å². The molecule has 0 radical (unpaired) electrons. The summed E-state index contributed by atoms with van der Waals surface area (Å²) in [6.07, 6.45) is 1.61. The van der Waals surface area contributed by atoms with E-state index in [2.05, 4.69) is 21.0 Å². The van der Waals surface area contributed by atoms with E-state index in [1.807, 2.05) is 66.7 Å². The van der Waals surface area contributed by atoms with Crippen molar-refractivity contribution in [2.75, 3.05) is 0 Å². The van der Waals surface area contributed by atoms with Gasteiger partial charge in [-0.1, -0.05) is 54.6 Å². The van der Waals surface area contributed by atoms with E-state index < -0.39 is 0 Å². The molecule has 0 bridgehead atoms. The van der Waals surface area contributed by atoms with Gasteiger partial charge in [0.2, 0.25) is 0 Å². The lowest BCUT2D eigenvalue weighted by atomic mass is 10.2. The molecule has 5 rings (SSSR count). The molecule has 4 aromatic carbocycles. The van der Waals surface area contributed by atoms with Gasteiger partial charge in [-0.3, -0.25) is 4.79 Å². The fourth-order valence-corrected chi connectivity index (χ4v) is 4.10. The van der Waals surface area contributed by atoms with Gasteiger partial charge in [0, 0.05) is 5.56 Å². The number of nitrogens with zero attached hydrogens (tertiary/aromatic N) is 3. The van der Waals surface area contributed by atoms with Crippen LogP contribution in [-0.2, 0) is 6.61 Å². The molecule has 0 N–H and O–H groups in total. The third kappa shape index (κ3) is 5.05. The first-order valence-electron chi connectivity index (χ1n) is 10.9. The van der Waals surface area contributed by atoms with Crippen LogP contribution >= 0.6 is 15.9 Å². The minimum Gasteiger partial charge on any atom is -0.488 e. The zero-order valence-electron chi connectivity index (χ0n) is 18.4. The van der Waals surface area contributed by atoms with Crippen molar-refractivity contribution < 1.29 is 9.13 Å². The molecule has 1 heterocycles. The molecule has 0 saturated heterocycles. The van der Waals surface area contributed by atoms with E-state index in [0.717, 1.165) is 21.2 Å². The van der Waals surface area contributed by atoms with Crippen molar-refractivity contribution in [3.8, 4) is 17.1 Å². The topological polar surface area (TPSA) is 56.5 Å². The number of hydrogen-bond donors (Lipinski definition) is 0. The Morgan fingerprint density at radius 2 is 1.69 bits per heavy atom. The van der Waals surface area contributed by atoms with Crippen LogP contribution in [0.5, 0.6) is 5.75 Å². The van der Waals surface area contributed by atoms with Gasteiger partial charge in [0.05, 0.1) is 21.6 Å². The van der Waals surface area contributed by atoms with Gasteiger partial charge in [0.15, 0.2) is 5.82 Å². The first-order chi connectivity index (χ1) is 17.1. The van der Waals surface area contributed by atoms with Crippen LogP contribution in [0.25, 0.3) is 22.3 Å². The molecule has 0 unspecified atom stereocenters. The second-order valence-electron chi connectivity index (χ2n) is 7.79. The van der Waals surface area contributed by atoms with E-state index in [0.29, 0.717) is 29.1 Å². The van der Waals surface area contributed by atoms with Crippen LogP contribution in [0.2, 0.25) is 0 Å². The monoisotopic (exact) mass is 527 g/mol. The summed E-state index contributed by atoms with van der Waals surface area (Å²) < 4.78 is 21.0. The third-order valence-electron chi connectivity index (χ3n) is 5.37.